The van der Waals surface area contributed by atoms with E-state index in [0.29, 0.717) is 6.04 Å². The standard InChI is InChI=1S/C13H16BrNOS/c1-3-15-13(10-4-9(2)16-7-10)6-12-5-11(14)8-17-12/h4-5,7-8,13,15H,3,6H2,1-2H3. The molecule has 1 unspecified atom stereocenters. The predicted octanol–water partition coefficient (Wildman–Crippen LogP) is 4.31. The average molecular weight is 314 g/mol. The Bertz CT molecular complexity index is 477. The van der Waals surface area contributed by atoms with Crippen LogP contribution in [0.1, 0.15) is 29.2 Å². The molecule has 1 N–H and O–H groups in total. The van der Waals surface area contributed by atoms with Gasteiger partial charge in [-0.15, -0.1) is 11.3 Å². The Morgan fingerprint density at radius 2 is 2.29 bits per heavy atom. The lowest BCUT2D eigenvalue weighted by atomic mass is 10.1. The van der Waals surface area contributed by atoms with E-state index in [2.05, 4.69) is 45.7 Å². The van der Waals surface area contributed by atoms with Crippen molar-refractivity contribution in [2.75, 3.05) is 6.54 Å². The lowest BCUT2D eigenvalue weighted by molar-refractivity contribution is 0.512. The zero-order chi connectivity index (χ0) is 12.3. The normalized spacial score (nSPS) is 12.9. The summed E-state index contributed by atoms with van der Waals surface area (Å²) in [5, 5.41) is 5.63. The van der Waals surface area contributed by atoms with E-state index in [1.807, 2.05) is 13.2 Å². The molecule has 0 bridgehead atoms. The molecule has 0 radical (unpaired) electrons. The minimum absolute atomic E-state index is 0.336. The molecule has 1 atom stereocenters. The zero-order valence-electron chi connectivity index (χ0n) is 10.00. The fourth-order valence-electron chi connectivity index (χ4n) is 1.86. The number of rotatable bonds is 5. The van der Waals surface area contributed by atoms with E-state index in [1.165, 1.54) is 10.4 Å². The molecule has 2 aromatic rings. The summed E-state index contributed by atoms with van der Waals surface area (Å²) in [6.45, 7) is 5.07. The molecule has 92 valence electrons. The molecule has 2 heterocycles. The van der Waals surface area contributed by atoms with Gasteiger partial charge in [0.2, 0.25) is 0 Å². The predicted molar refractivity (Wildman–Crippen MR) is 75.6 cm³/mol. The first kappa shape index (κ1) is 12.9. The third kappa shape index (κ3) is 3.44. The molecule has 17 heavy (non-hydrogen) atoms. The largest absolute Gasteiger partial charge is 0.469 e. The van der Waals surface area contributed by atoms with E-state index in [4.69, 9.17) is 4.42 Å². The molecule has 0 aliphatic rings. The van der Waals surface area contributed by atoms with Crippen LogP contribution in [0.4, 0.5) is 0 Å². The summed E-state index contributed by atoms with van der Waals surface area (Å²) in [5.74, 6) is 0.968. The van der Waals surface area contributed by atoms with Crippen LogP contribution in [-0.4, -0.2) is 6.54 Å². The molecule has 0 saturated carbocycles. The van der Waals surface area contributed by atoms with Crippen LogP contribution in [0, 0.1) is 6.92 Å². The first-order valence-electron chi connectivity index (χ1n) is 5.70. The summed E-state index contributed by atoms with van der Waals surface area (Å²) in [4.78, 5) is 1.38. The summed E-state index contributed by atoms with van der Waals surface area (Å²) >= 11 is 5.28. The van der Waals surface area contributed by atoms with Gasteiger partial charge < -0.3 is 9.73 Å². The fourth-order valence-corrected chi connectivity index (χ4v) is 3.36. The van der Waals surface area contributed by atoms with E-state index >= 15 is 0 Å². The van der Waals surface area contributed by atoms with Gasteiger partial charge in [0.15, 0.2) is 0 Å². The Kier molecular flexibility index (Phi) is 4.42. The fraction of sp³-hybridized carbons (Fsp3) is 0.385. The minimum Gasteiger partial charge on any atom is -0.469 e. The lowest BCUT2D eigenvalue weighted by Gasteiger charge is -2.15. The van der Waals surface area contributed by atoms with Crippen molar-refractivity contribution in [2.45, 2.75) is 26.3 Å². The monoisotopic (exact) mass is 313 g/mol. The van der Waals surface area contributed by atoms with Crippen LogP contribution >= 0.6 is 27.3 Å². The molecular weight excluding hydrogens is 298 g/mol. The van der Waals surface area contributed by atoms with Gasteiger partial charge in [-0.3, -0.25) is 0 Å². The number of hydrogen-bond donors (Lipinski definition) is 1. The summed E-state index contributed by atoms with van der Waals surface area (Å²) in [5.41, 5.74) is 1.23. The first-order chi connectivity index (χ1) is 8.19. The third-order valence-electron chi connectivity index (χ3n) is 2.63. The molecule has 0 aromatic carbocycles. The molecule has 0 fully saturated rings. The number of aryl methyl sites for hydroxylation is 1. The molecule has 2 nitrogen and oxygen atoms in total. The Morgan fingerprint density at radius 3 is 2.82 bits per heavy atom. The highest BCUT2D eigenvalue weighted by Crippen LogP contribution is 2.26. The molecule has 4 heteroatoms. The van der Waals surface area contributed by atoms with Crippen LogP contribution in [-0.2, 0) is 6.42 Å². The van der Waals surface area contributed by atoms with E-state index < -0.39 is 0 Å². The lowest BCUT2D eigenvalue weighted by Crippen LogP contribution is -2.22. The summed E-state index contributed by atoms with van der Waals surface area (Å²) < 4.78 is 6.55. The maximum absolute atomic E-state index is 5.39. The maximum atomic E-state index is 5.39. The van der Waals surface area contributed by atoms with Gasteiger partial charge in [-0.1, -0.05) is 6.92 Å². The highest BCUT2D eigenvalue weighted by Gasteiger charge is 2.14. The van der Waals surface area contributed by atoms with Crippen molar-refractivity contribution in [1.29, 1.82) is 0 Å². The van der Waals surface area contributed by atoms with Gasteiger partial charge in [0, 0.05) is 32.8 Å². The zero-order valence-corrected chi connectivity index (χ0v) is 12.4. The molecule has 0 saturated heterocycles. The number of halogens is 1. The topological polar surface area (TPSA) is 25.2 Å². The van der Waals surface area contributed by atoms with E-state index in [-0.39, 0.29) is 0 Å². The molecule has 0 spiro atoms. The van der Waals surface area contributed by atoms with Crippen molar-refractivity contribution in [3.8, 4) is 0 Å². The quantitative estimate of drug-likeness (QED) is 0.890. The van der Waals surface area contributed by atoms with Crippen molar-refractivity contribution in [3.05, 3.63) is 44.4 Å². The maximum Gasteiger partial charge on any atom is 0.101 e. The second kappa shape index (κ2) is 5.85. The van der Waals surface area contributed by atoms with Gasteiger partial charge in [0.1, 0.15) is 5.76 Å². The average Bonchev–Trinajstić information content (AvgIpc) is 2.87. The van der Waals surface area contributed by atoms with Crippen molar-refractivity contribution >= 4 is 27.3 Å². The summed E-state index contributed by atoms with van der Waals surface area (Å²) in [6.07, 6.45) is 2.86. The second-order valence-corrected chi connectivity index (χ2v) is 5.95. The van der Waals surface area contributed by atoms with Crippen molar-refractivity contribution in [1.82, 2.24) is 5.32 Å². The third-order valence-corrected chi connectivity index (χ3v) is 4.35. The van der Waals surface area contributed by atoms with E-state index in [0.717, 1.165) is 23.2 Å². The number of furan rings is 1. The highest BCUT2D eigenvalue weighted by molar-refractivity contribution is 9.10. The van der Waals surface area contributed by atoms with Gasteiger partial charge in [0.25, 0.3) is 0 Å². The summed E-state index contributed by atoms with van der Waals surface area (Å²) in [6, 6.07) is 4.63. The Morgan fingerprint density at radius 1 is 1.47 bits per heavy atom. The van der Waals surface area contributed by atoms with Gasteiger partial charge >= 0.3 is 0 Å². The number of likely N-dealkylation sites (N-methyl/N-ethyl adjacent to an activating group) is 1. The smallest absolute Gasteiger partial charge is 0.101 e. The van der Waals surface area contributed by atoms with Gasteiger partial charge in [-0.25, -0.2) is 0 Å². The molecule has 0 aliphatic heterocycles. The van der Waals surface area contributed by atoms with Crippen molar-refractivity contribution < 1.29 is 4.42 Å². The van der Waals surface area contributed by atoms with Gasteiger partial charge in [0.05, 0.1) is 6.26 Å². The Hall–Kier alpha value is -0.580. The molecule has 2 aromatic heterocycles. The van der Waals surface area contributed by atoms with E-state index in [1.54, 1.807) is 11.3 Å². The molecule has 2 rings (SSSR count). The van der Waals surface area contributed by atoms with E-state index in [9.17, 15) is 0 Å². The van der Waals surface area contributed by atoms with Crippen molar-refractivity contribution in [3.63, 3.8) is 0 Å². The Balaban J connectivity index is 2.12. The highest BCUT2D eigenvalue weighted by atomic mass is 79.9. The second-order valence-electron chi connectivity index (χ2n) is 4.04. The Labute approximate surface area is 114 Å². The van der Waals surface area contributed by atoms with Crippen LogP contribution in [0.3, 0.4) is 0 Å². The van der Waals surface area contributed by atoms with Gasteiger partial charge in [-0.2, -0.15) is 0 Å². The molecular formula is C13H16BrNOS. The van der Waals surface area contributed by atoms with Crippen LogP contribution in [0.2, 0.25) is 0 Å². The van der Waals surface area contributed by atoms with Crippen molar-refractivity contribution in [2.24, 2.45) is 0 Å². The van der Waals surface area contributed by atoms with Crippen LogP contribution in [0.15, 0.2) is 32.7 Å². The van der Waals surface area contributed by atoms with Crippen LogP contribution < -0.4 is 5.32 Å². The number of thiophene rings is 1. The summed E-state index contributed by atoms with van der Waals surface area (Å²) in [7, 11) is 0. The number of hydrogen-bond acceptors (Lipinski definition) is 3. The van der Waals surface area contributed by atoms with Gasteiger partial charge in [-0.05, 0) is 41.5 Å². The van der Waals surface area contributed by atoms with Crippen LogP contribution in [0.5, 0.6) is 0 Å². The minimum atomic E-state index is 0.336. The number of nitrogens with one attached hydrogen (secondary N) is 1. The SMILES string of the molecule is CCNC(Cc1cc(Br)cs1)c1coc(C)c1. The molecule has 0 amide bonds. The first-order valence-corrected chi connectivity index (χ1v) is 7.37. The van der Waals surface area contributed by atoms with Crippen LogP contribution in [0.25, 0.3) is 0 Å². The molecule has 0 aliphatic carbocycles.